The quantitative estimate of drug-likeness (QED) is 0.0364. The Morgan fingerprint density at radius 2 is 1.68 bits per heavy atom. The van der Waals surface area contributed by atoms with Crippen LogP contribution in [0.3, 0.4) is 0 Å². The third-order valence-electron chi connectivity index (χ3n) is 7.97. The monoisotopic (exact) mass is 678 g/mol. The number of hydrogen-bond donors (Lipinski definition) is 12. The molecule has 2 aliphatic rings. The van der Waals surface area contributed by atoms with Crippen LogP contribution in [0.1, 0.15) is 45.4 Å². The Bertz CT molecular complexity index is 1080. The van der Waals surface area contributed by atoms with Gasteiger partial charge >= 0.3 is 5.97 Å². The van der Waals surface area contributed by atoms with E-state index in [9.17, 15) is 49.8 Å². The number of nitrogens with one attached hydrogen (secondary N) is 2. The van der Waals surface area contributed by atoms with Gasteiger partial charge < -0.3 is 78.6 Å². The minimum absolute atomic E-state index is 0.0572. The van der Waals surface area contributed by atoms with Gasteiger partial charge in [-0.25, -0.2) is 4.79 Å². The molecule has 0 aromatic heterocycles. The standard InChI is InChI=1S/C27H50N8O12/c1-12(37)18(29)23(42)33-14(5-2-3-7-28)24(43)35-10-13(46-26-21(40)20(39)19(38)17(11-36)47-26)9-16(35)22(41)34-15(25(44)45)6-4-8-32-27(30)31/h12-21,26,36-40H,2-11,28-29H2,1H3,(H,33,42)(H,34,41)(H,44,45)(H4,30,31,32)/t12-,13?,14+,15+,16+,17-,18+,19-,20+,21-,26+/m1/s1. The van der Waals surface area contributed by atoms with Gasteiger partial charge in [-0.15, -0.1) is 0 Å². The number of likely N-dealkylation sites (tertiary alicyclic amines) is 1. The summed E-state index contributed by atoms with van der Waals surface area (Å²) in [6.45, 7) is 0.673. The highest BCUT2D eigenvalue weighted by Crippen LogP contribution is 2.28. The summed E-state index contributed by atoms with van der Waals surface area (Å²) in [4.78, 5) is 57.1. The lowest BCUT2D eigenvalue weighted by Gasteiger charge is -2.40. The van der Waals surface area contributed by atoms with Gasteiger partial charge in [-0.3, -0.25) is 19.4 Å². The number of ether oxygens (including phenoxy) is 2. The van der Waals surface area contributed by atoms with Crippen LogP contribution in [0.15, 0.2) is 4.99 Å². The summed E-state index contributed by atoms with van der Waals surface area (Å²) in [6.07, 6.45) is -9.44. The first kappa shape index (κ1) is 40.0. The topological polar surface area (TPSA) is 352 Å². The number of carboxylic acids is 1. The largest absolute Gasteiger partial charge is 0.480 e. The van der Waals surface area contributed by atoms with Crippen LogP contribution in [0.5, 0.6) is 0 Å². The first-order chi connectivity index (χ1) is 22.1. The van der Waals surface area contributed by atoms with Crippen molar-refractivity contribution in [2.24, 2.45) is 27.9 Å². The Kier molecular flexibility index (Phi) is 16.1. The van der Waals surface area contributed by atoms with Gasteiger partial charge in [0.2, 0.25) is 17.7 Å². The van der Waals surface area contributed by atoms with E-state index in [0.29, 0.717) is 19.4 Å². The second kappa shape index (κ2) is 19.0. The van der Waals surface area contributed by atoms with Crippen molar-refractivity contribution in [3.05, 3.63) is 0 Å². The number of nitrogens with zero attached hydrogens (tertiary/aromatic N) is 2. The molecule has 3 amide bonds. The first-order valence-electron chi connectivity index (χ1n) is 15.4. The summed E-state index contributed by atoms with van der Waals surface area (Å²) in [5, 5.41) is 64.7. The summed E-state index contributed by atoms with van der Waals surface area (Å²) >= 11 is 0. The lowest BCUT2D eigenvalue weighted by atomic mass is 9.99. The summed E-state index contributed by atoms with van der Waals surface area (Å²) in [5.74, 6) is -3.97. The molecule has 16 N–H and O–H groups in total. The third-order valence-corrected chi connectivity index (χ3v) is 7.97. The molecule has 0 aromatic carbocycles. The van der Waals surface area contributed by atoms with E-state index >= 15 is 0 Å². The number of carbonyl (C=O) groups excluding carboxylic acids is 3. The molecule has 0 radical (unpaired) electrons. The maximum absolute atomic E-state index is 14.0. The Balaban J connectivity index is 2.35. The zero-order valence-corrected chi connectivity index (χ0v) is 26.3. The summed E-state index contributed by atoms with van der Waals surface area (Å²) < 4.78 is 11.2. The van der Waals surface area contributed by atoms with Crippen LogP contribution in [0, 0.1) is 0 Å². The number of amides is 3. The Morgan fingerprint density at radius 3 is 2.26 bits per heavy atom. The lowest BCUT2D eigenvalue weighted by molar-refractivity contribution is -0.310. The number of nitrogens with two attached hydrogens (primary N) is 4. The van der Waals surface area contributed by atoms with Crippen molar-refractivity contribution in [3.63, 3.8) is 0 Å². The first-order valence-corrected chi connectivity index (χ1v) is 15.4. The number of aliphatic carboxylic acids is 1. The molecule has 1 unspecified atom stereocenters. The number of rotatable bonds is 18. The zero-order chi connectivity index (χ0) is 35.4. The van der Waals surface area contributed by atoms with E-state index in [1.165, 1.54) is 6.92 Å². The average molecular weight is 679 g/mol. The van der Waals surface area contributed by atoms with Crippen LogP contribution in [0.2, 0.25) is 0 Å². The molecular weight excluding hydrogens is 628 g/mol. The predicted octanol–water partition coefficient (Wildman–Crippen LogP) is -6.28. The van der Waals surface area contributed by atoms with E-state index in [4.69, 9.17) is 32.4 Å². The van der Waals surface area contributed by atoms with Gasteiger partial charge in [-0.2, -0.15) is 0 Å². The number of guanidine groups is 1. The molecule has 0 aromatic rings. The lowest BCUT2D eigenvalue weighted by Crippen LogP contribution is -2.59. The fourth-order valence-electron chi connectivity index (χ4n) is 5.22. The molecule has 0 aliphatic carbocycles. The molecule has 47 heavy (non-hydrogen) atoms. The van der Waals surface area contributed by atoms with Gasteiger partial charge in [0.05, 0.1) is 18.8 Å². The van der Waals surface area contributed by atoms with Crippen molar-refractivity contribution in [2.45, 2.75) is 113 Å². The average Bonchev–Trinajstić information content (AvgIpc) is 3.45. The number of unbranched alkanes of at least 4 members (excludes halogenated alkanes) is 1. The molecule has 0 bridgehead atoms. The van der Waals surface area contributed by atoms with Crippen molar-refractivity contribution in [2.75, 3.05) is 26.2 Å². The van der Waals surface area contributed by atoms with Crippen LogP contribution in [0.4, 0.5) is 0 Å². The smallest absolute Gasteiger partial charge is 0.326 e. The van der Waals surface area contributed by atoms with E-state index in [2.05, 4.69) is 15.6 Å². The molecule has 11 atom stereocenters. The predicted molar refractivity (Wildman–Crippen MR) is 163 cm³/mol. The van der Waals surface area contributed by atoms with Crippen LogP contribution in [-0.2, 0) is 28.7 Å². The van der Waals surface area contributed by atoms with Crippen molar-refractivity contribution >= 4 is 29.7 Å². The number of aliphatic imine (C=N–C) groups is 1. The normalized spacial score (nSPS) is 28.5. The van der Waals surface area contributed by atoms with E-state index in [-0.39, 0.29) is 44.7 Å². The van der Waals surface area contributed by atoms with Crippen molar-refractivity contribution in [3.8, 4) is 0 Å². The number of aliphatic hydroxyl groups is 5. The molecule has 2 fully saturated rings. The van der Waals surface area contributed by atoms with Crippen molar-refractivity contribution in [1.29, 1.82) is 0 Å². The molecule has 0 spiro atoms. The number of aliphatic hydroxyl groups excluding tert-OH is 5. The van der Waals surface area contributed by atoms with Crippen molar-refractivity contribution < 1.29 is 59.3 Å². The molecule has 2 aliphatic heterocycles. The summed E-state index contributed by atoms with van der Waals surface area (Å²) in [5.41, 5.74) is 21.9. The molecule has 2 heterocycles. The maximum Gasteiger partial charge on any atom is 0.326 e. The number of carbonyl (C=O) groups is 4. The molecule has 2 saturated heterocycles. The van der Waals surface area contributed by atoms with Gasteiger partial charge in [0.25, 0.3) is 0 Å². The van der Waals surface area contributed by atoms with E-state index in [1.54, 1.807) is 0 Å². The van der Waals surface area contributed by atoms with E-state index in [1.807, 2.05) is 0 Å². The van der Waals surface area contributed by atoms with Crippen LogP contribution in [-0.4, -0.2) is 159 Å². The van der Waals surface area contributed by atoms with Crippen LogP contribution in [0.25, 0.3) is 0 Å². The van der Waals surface area contributed by atoms with Gasteiger partial charge in [0.1, 0.15) is 48.6 Å². The second-order valence-corrected chi connectivity index (χ2v) is 11.7. The molecule has 20 nitrogen and oxygen atoms in total. The Hall–Kier alpha value is -3.21. The van der Waals surface area contributed by atoms with Gasteiger partial charge in [0, 0.05) is 19.5 Å². The Morgan fingerprint density at radius 1 is 1.02 bits per heavy atom. The fraction of sp³-hybridized carbons (Fsp3) is 0.815. The van der Waals surface area contributed by atoms with Gasteiger partial charge in [-0.1, -0.05) is 0 Å². The highest BCUT2D eigenvalue weighted by Gasteiger charge is 2.48. The van der Waals surface area contributed by atoms with Crippen LogP contribution < -0.4 is 33.6 Å². The Labute approximate surface area is 271 Å². The number of hydrogen-bond acceptors (Lipinski definition) is 14. The van der Waals surface area contributed by atoms with Gasteiger partial charge in [-0.05, 0) is 45.6 Å². The van der Waals surface area contributed by atoms with E-state index < -0.39 is 97.4 Å². The molecule has 270 valence electrons. The minimum Gasteiger partial charge on any atom is -0.480 e. The molecule has 20 heteroatoms. The van der Waals surface area contributed by atoms with Crippen molar-refractivity contribution in [1.82, 2.24) is 15.5 Å². The molecule has 0 saturated carbocycles. The molecule has 2 rings (SSSR count). The maximum atomic E-state index is 14.0. The van der Waals surface area contributed by atoms with E-state index in [0.717, 1.165) is 4.90 Å². The van der Waals surface area contributed by atoms with Crippen LogP contribution >= 0.6 is 0 Å². The SMILES string of the molecule is C[C@@H](O)[C@H](N)C(=O)N[C@@H](CCCCN)C(=O)N1CC(O[C@H]2O[C@H](CO)[C@@H](O)[C@H](O)[C@H]2O)C[C@H]1C(=O)N[C@@H](CCCN=C(N)N)C(=O)O. The second-order valence-electron chi connectivity index (χ2n) is 11.7. The summed E-state index contributed by atoms with van der Waals surface area (Å²) in [7, 11) is 0. The number of carboxylic acid groups (broad SMARTS) is 1. The molecular formula is C27H50N8O12. The third kappa shape index (κ3) is 11.5. The fourth-order valence-corrected chi connectivity index (χ4v) is 5.22. The van der Waals surface area contributed by atoms with Gasteiger partial charge in [0.15, 0.2) is 12.2 Å². The highest BCUT2D eigenvalue weighted by atomic mass is 16.7. The highest BCUT2D eigenvalue weighted by molar-refractivity contribution is 5.94. The summed E-state index contributed by atoms with van der Waals surface area (Å²) in [6, 6.07) is -5.32. The zero-order valence-electron chi connectivity index (χ0n) is 26.3. The minimum atomic E-state index is -1.77.